The fourth-order valence-corrected chi connectivity index (χ4v) is 2.57. The van der Waals surface area contributed by atoms with Crippen LogP contribution in [0.5, 0.6) is 0 Å². The number of hydrogen-bond acceptors (Lipinski definition) is 2. The summed E-state index contributed by atoms with van der Waals surface area (Å²) in [5, 5.41) is 9.15. The second-order valence-electron chi connectivity index (χ2n) is 4.09. The third-order valence-electron chi connectivity index (χ3n) is 2.50. The summed E-state index contributed by atoms with van der Waals surface area (Å²) in [6.45, 7) is 1.57. The maximum atomic E-state index is 9.15. The van der Waals surface area contributed by atoms with E-state index in [1.165, 1.54) is 0 Å². The van der Waals surface area contributed by atoms with Gasteiger partial charge in [-0.15, -0.1) is 0 Å². The van der Waals surface area contributed by atoms with Crippen molar-refractivity contribution in [3.05, 3.63) is 54.2 Å². The summed E-state index contributed by atoms with van der Waals surface area (Å²) in [5.74, 6) is 0.0888. The van der Waals surface area contributed by atoms with Crippen molar-refractivity contribution in [1.29, 1.82) is 0 Å². The molecule has 0 saturated carbocycles. The number of aliphatic imine (C=N–C) groups is 1. The van der Waals surface area contributed by atoms with E-state index in [1.807, 2.05) is 36.4 Å². The third kappa shape index (κ3) is 4.22. The Morgan fingerprint density at radius 1 is 1.26 bits per heavy atom. The maximum absolute atomic E-state index is 9.15. The molecule has 3 nitrogen and oxygen atoms in total. The van der Waals surface area contributed by atoms with Gasteiger partial charge in [0.05, 0.1) is 0 Å². The first-order valence-corrected chi connectivity index (χ1v) is 7.01. The Balaban J connectivity index is 2.21. The van der Waals surface area contributed by atoms with Crippen LogP contribution in [0.3, 0.4) is 0 Å². The molecule has 2 rings (SSSR count). The number of hydrogen-bond donors (Lipinski definition) is 1. The van der Waals surface area contributed by atoms with Crippen LogP contribution in [0.1, 0.15) is 12.5 Å². The van der Waals surface area contributed by atoms with Gasteiger partial charge < -0.3 is 0 Å². The molecule has 1 N–H and O–H groups in total. The van der Waals surface area contributed by atoms with Crippen molar-refractivity contribution >= 4 is 9.92 Å². The summed E-state index contributed by atoms with van der Waals surface area (Å²) in [5.41, 5.74) is 3.20. The molecule has 0 amide bonds. The van der Waals surface area contributed by atoms with Crippen LogP contribution in [0.15, 0.2) is 53.7 Å². The average Bonchev–Trinajstić information content (AvgIpc) is 2.39. The fraction of sp³-hybridized carbons (Fsp3) is 0.133. The second kappa shape index (κ2) is 6.53. The molecule has 19 heavy (non-hydrogen) atoms. The second-order valence-corrected chi connectivity index (χ2v) is 5.40. The first-order valence-electron chi connectivity index (χ1n) is 5.88. The molecule has 1 heterocycles. The van der Waals surface area contributed by atoms with Gasteiger partial charge in [0, 0.05) is 0 Å². The van der Waals surface area contributed by atoms with Gasteiger partial charge in [-0.05, 0) is 0 Å². The van der Waals surface area contributed by atoms with Crippen molar-refractivity contribution in [3.63, 3.8) is 0 Å². The number of aliphatic hydroxyl groups is 1. The minimum absolute atomic E-state index is 0.0888. The molecule has 1 aromatic carbocycles. The van der Waals surface area contributed by atoms with E-state index in [9.17, 15) is 0 Å². The van der Waals surface area contributed by atoms with Crippen molar-refractivity contribution in [3.8, 4) is 11.3 Å². The Kier molecular flexibility index (Phi) is 4.75. The predicted octanol–water partition coefficient (Wildman–Crippen LogP) is 2.94. The quantitative estimate of drug-likeness (QED) is 0.596. The Bertz CT molecular complexity index is 605. The molecule has 0 aliphatic heterocycles. The summed E-state index contributed by atoms with van der Waals surface area (Å²) in [6.07, 6.45) is 2.50. The van der Waals surface area contributed by atoms with Crippen molar-refractivity contribution in [2.24, 2.45) is 4.99 Å². The monoisotopic (exact) mass is 433 g/mol. The van der Waals surface area contributed by atoms with E-state index in [0.29, 0.717) is 6.42 Å². The van der Waals surface area contributed by atoms with Crippen LogP contribution in [0.25, 0.3) is 11.3 Å². The molecule has 2 aromatic rings. The minimum atomic E-state index is 0.0888. The predicted molar refractivity (Wildman–Crippen MR) is 74.1 cm³/mol. The topological polar surface area (TPSA) is 45.5 Å². The molecular weight excluding hydrogens is 419 g/mol. The molecule has 0 fully saturated rings. The van der Waals surface area contributed by atoms with Gasteiger partial charge in [0.2, 0.25) is 0 Å². The number of benzene rings is 1. The van der Waals surface area contributed by atoms with E-state index < -0.39 is 0 Å². The normalized spacial score (nSPS) is 11.4. The molecule has 0 radical (unpaired) electrons. The molecule has 0 bridgehead atoms. The summed E-state index contributed by atoms with van der Waals surface area (Å²) in [7, 11) is 0. The van der Waals surface area contributed by atoms with Gasteiger partial charge in [0.15, 0.2) is 0 Å². The molecular formula is C15H14N2OPt. The summed E-state index contributed by atoms with van der Waals surface area (Å²) in [6, 6.07) is 14.1. The fourth-order valence-electron chi connectivity index (χ4n) is 1.74. The van der Waals surface area contributed by atoms with Crippen molar-refractivity contribution in [2.45, 2.75) is 13.3 Å². The molecule has 0 saturated heterocycles. The van der Waals surface area contributed by atoms with Gasteiger partial charge in [-0.25, -0.2) is 0 Å². The van der Waals surface area contributed by atoms with Gasteiger partial charge in [-0.2, -0.15) is 0 Å². The first-order chi connectivity index (χ1) is 9.15. The molecule has 0 aliphatic carbocycles. The van der Waals surface area contributed by atoms with Crippen LogP contribution in [0.4, 0.5) is 0 Å². The van der Waals surface area contributed by atoms with Crippen LogP contribution in [-0.4, -0.2) is 20.0 Å². The van der Waals surface area contributed by atoms with Crippen molar-refractivity contribution in [1.82, 2.24) is 4.98 Å². The van der Waals surface area contributed by atoms with Crippen LogP contribution in [0, 0.1) is 0 Å². The summed E-state index contributed by atoms with van der Waals surface area (Å²) in [4.78, 5) is 8.38. The zero-order valence-electron chi connectivity index (χ0n) is 10.5. The van der Waals surface area contributed by atoms with E-state index >= 15 is 0 Å². The molecule has 4 heteroatoms. The Morgan fingerprint density at radius 3 is 2.79 bits per heavy atom. The molecule has 0 unspecified atom stereocenters. The third-order valence-corrected chi connectivity index (χ3v) is 3.16. The van der Waals surface area contributed by atoms with Crippen molar-refractivity contribution in [2.75, 3.05) is 0 Å². The number of pyridine rings is 1. The molecule has 0 atom stereocenters. The van der Waals surface area contributed by atoms with Crippen LogP contribution >= 0.6 is 0 Å². The zero-order valence-corrected chi connectivity index (χ0v) is 12.8. The first kappa shape index (κ1) is 13.8. The van der Waals surface area contributed by atoms with Crippen molar-refractivity contribution < 1.29 is 24.5 Å². The van der Waals surface area contributed by atoms with Gasteiger partial charge in [-0.3, -0.25) is 0 Å². The Hall–Kier alpha value is -1.60. The molecule has 0 aliphatic rings. The Labute approximate surface area is 123 Å². The standard InChI is InChI=1S/C15H14N2O.Pt/c1-12(18)16-10-8-13-5-4-6-14(11-13)15-7-2-3-9-17-15;/h2-7,9,11,18H,8H2,1H3;. The van der Waals surface area contributed by atoms with Gasteiger partial charge in [0.1, 0.15) is 0 Å². The van der Waals surface area contributed by atoms with Gasteiger partial charge in [-0.1, -0.05) is 0 Å². The van der Waals surface area contributed by atoms with E-state index in [0.717, 1.165) is 20.8 Å². The van der Waals surface area contributed by atoms with E-state index in [4.69, 9.17) is 5.11 Å². The summed E-state index contributed by atoms with van der Waals surface area (Å²) < 4.78 is 0.859. The number of aromatic nitrogens is 1. The molecule has 1 aromatic heterocycles. The Morgan fingerprint density at radius 2 is 2.11 bits per heavy atom. The SMILES string of the molecule is CC(O)=N[C](=[Pt])Cc1cccc(-c2ccccn2)c1. The molecule has 100 valence electrons. The number of aliphatic hydroxyl groups excluding tert-OH is 1. The number of nitrogens with zero attached hydrogens (tertiary/aromatic N) is 2. The molecule has 0 spiro atoms. The van der Waals surface area contributed by atoms with E-state index in [-0.39, 0.29) is 5.90 Å². The van der Waals surface area contributed by atoms with E-state index in [1.54, 1.807) is 13.1 Å². The van der Waals surface area contributed by atoms with Gasteiger partial charge in [0.25, 0.3) is 0 Å². The number of rotatable bonds is 4. The van der Waals surface area contributed by atoms with E-state index in [2.05, 4.69) is 35.4 Å². The average molecular weight is 433 g/mol. The van der Waals surface area contributed by atoms with Crippen LogP contribution in [-0.2, 0) is 25.8 Å². The van der Waals surface area contributed by atoms with Crippen LogP contribution in [0.2, 0.25) is 0 Å². The summed E-state index contributed by atoms with van der Waals surface area (Å²) >= 11 is 2.12. The van der Waals surface area contributed by atoms with Gasteiger partial charge >= 0.3 is 123 Å². The van der Waals surface area contributed by atoms with Crippen LogP contribution < -0.4 is 0 Å². The zero-order chi connectivity index (χ0) is 13.7.